The third-order valence-electron chi connectivity index (χ3n) is 2.74. The number of unbranched alkanes of at least 4 members (excludes halogenated alkanes) is 3. The summed E-state index contributed by atoms with van der Waals surface area (Å²) in [6.45, 7) is 0.950. The lowest BCUT2D eigenvalue weighted by molar-refractivity contribution is 0.0697. The van der Waals surface area contributed by atoms with Crippen LogP contribution in [0.25, 0.3) is 0 Å². The molecule has 0 radical (unpaired) electrons. The maximum Gasteiger partial charge on any atom is 0.335 e. The molecule has 0 aliphatic rings. The third-order valence-corrected chi connectivity index (χ3v) is 3.43. The molecule has 0 spiro atoms. The number of anilines is 1. The van der Waals surface area contributed by atoms with Gasteiger partial charge in [-0.05, 0) is 49.1 Å². The number of carboxylic acids is 1. The predicted molar refractivity (Wildman–Crippen MR) is 78.7 cm³/mol. The number of thioether (sulfide) groups is 1. The molecule has 0 bridgehead atoms. The van der Waals surface area contributed by atoms with Gasteiger partial charge in [0.1, 0.15) is 0 Å². The van der Waals surface area contributed by atoms with Crippen molar-refractivity contribution in [2.75, 3.05) is 23.9 Å². The van der Waals surface area contributed by atoms with Gasteiger partial charge in [-0.2, -0.15) is 11.8 Å². The lowest BCUT2D eigenvalue weighted by Gasteiger charge is -2.06. The molecule has 1 aromatic carbocycles. The molecule has 0 amide bonds. The van der Waals surface area contributed by atoms with Crippen molar-refractivity contribution in [3.8, 4) is 0 Å². The van der Waals surface area contributed by atoms with Crippen LogP contribution in [0.15, 0.2) is 24.3 Å². The van der Waals surface area contributed by atoms with Crippen molar-refractivity contribution < 1.29 is 9.90 Å². The van der Waals surface area contributed by atoms with Crippen molar-refractivity contribution in [1.82, 2.24) is 0 Å². The summed E-state index contributed by atoms with van der Waals surface area (Å²) in [4.78, 5) is 10.7. The van der Waals surface area contributed by atoms with E-state index in [2.05, 4.69) is 11.6 Å². The number of benzene rings is 1. The first-order valence-electron chi connectivity index (χ1n) is 6.30. The van der Waals surface area contributed by atoms with E-state index < -0.39 is 5.97 Å². The smallest absolute Gasteiger partial charge is 0.335 e. The molecule has 3 nitrogen and oxygen atoms in total. The molecule has 0 fully saturated rings. The SMILES string of the molecule is CSCCCCCCNc1ccc(C(=O)O)cc1. The van der Waals surface area contributed by atoms with Crippen LogP contribution in [0.5, 0.6) is 0 Å². The van der Waals surface area contributed by atoms with Gasteiger partial charge < -0.3 is 10.4 Å². The van der Waals surface area contributed by atoms with Gasteiger partial charge in [-0.25, -0.2) is 4.79 Å². The van der Waals surface area contributed by atoms with Gasteiger partial charge in [-0.15, -0.1) is 0 Å². The zero-order valence-electron chi connectivity index (χ0n) is 10.8. The Bertz CT molecular complexity index is 351. The average Bonchev–Trinajstić information content (AvgIpc) is 2.38. The highest BCUT2D eigenvalue weighted by atomic mass is 32.2. The largest absolute Gasteiger partial charge is 0.478 e. The molecule has 18 heavy (non-hydrogen) atoms. The number of aromatic carboxylic acids is 1. The zero-order chi connectivity index (χ0) is 13.2. The van der Waals surface area contributed by atoms with E-state index in [4.69, 9.17) is 5.11 Å². The first-order chi connectivity index (χ1) is 8.74. The molecular weight excluding hydrogens is 246 g/mol. The monoisotopic (exact) mass is 267 g/mol. The Morgan fingerprint density at radius 2 is 1.83 bits per heavy atom. The van der Waals surface area contributed by atoms with Crippen LogP contribution in [0.2, 0.25) is 0 Å². The number of carboxylic acid groups (broad SMARTS) is 1. The minimum Gasteiger partial charge on any atom is -0.478 e. The summed E-state index contributed by atoms with van der Waals surface area (Å²) >= 11 is 1.90. The summed E-state index contributed by atoms with van der Waals surface area (Å²) in [5, 5.41) is 12.1. The summed E-state index contributed by atoms with van der Waals surface area (Å²) < 4.78 is 0. The van der Waals surface area contributed by atoms with Gasteiger partial charge >= 0.3 is 5.97 Å². The molecule has 100 valence electrons. The Kier molecular flexibility index (Phi) is 7.34. The van der Waals surface area contributed by atoms with E-state index in [-0.39, 0.29) is 0 Å². The minimum absolute atomic E-state index is 0.331. The van der Waals surface area contributed by atoms with E-state index >= 15 is 0 Å². The number of hydrogen-bond donors (Lipinski definition) is 2. The van der Waals surface area contributed by atoms with Crippen molar-refractivity contribution >= 4 is 23.4 Å². The standard InChI is InChI=1S/C14H21NO2S/c1-18-11-5-3-2-4-10-15-13-8-6-12(7-9-13)14(16)17/h6-9,15H,2-5,10-11H2,1H3,(H,16,17). The van der Waals surface area contributed by atoms with Crippen LogP contribution >= 0.6 is 11.8 Å². The van der Waals surface area contributed by atoms with Gasteiger partial charge in [0.05, 0.1) is 5.56 Å². The molecule has 0 saturated heterocycles. The molecule has 0 unspecified atom stereocenters. The Labute approximate surface area is 113 Å². The fraction of sp³-hybridized carbons (Fsp3) is 0.500. The normalized spacial score (nSPS) is 10.3. The summed E-state index contributed by atoms with van der Waals surface area (Å²) in [5.41, 5.74) is 1.32. The number of carbonyl (C=O) groups is 1. The van der Waals surface area contributed by atoms with Gasteiger partial charge in [-0.1, -0.05) is 12.8 Å². The van der Waals surface area contributed by atoms with Crippen molar-refractivity contribution in [1.29, 1.82) is 0 Å². The Morgan fingerprint density at radius 1 is 1.17 bits per heavy atom. The van der Waals surface area contributed by atoms with E-state index in [9.17, 15) is 4.79 Å². The van der Waals surface area contributed by atoms with Gasteiger partial charge in [-0.3, -0.25) is 0 Å². The second kappa shape index (κ2) is 8.86. The van der Waals surface area contributed by atoms with E-state index in [1.165, 1.54) is 25.0 Å². The summed E-state index contributed by atoms with van der Waals surface area (Å²) in [6.07, 6.45) is 7.15. The fourth-order valence-corrected chi connectivity index (χ4v) is 2.18. The molecule has 1 rings (SSSR count). The molecular formula is C14H21NO2S. The van der Waals surface area contributed by atoms with Gasteiger partial charge in [0.15, 0.2) is 0 Å². The van der Waals surface area contributed by atoms with E-state index in [1.807, 2.05) is 23.9 Å². The molecule has 0 saturated carbocycles. The van der Waals surface area contributed by atoms with Crippen LogP contribution in [-0.4, -0.2) is 29.6 Å². The van der Waals surface area contributed by atoms with Gasteiger partial charge in [0, 0.05) is 12.2 Å². The number of hydrogen-bond acceptors (Lipinski definition) is 3. The highest BCUT2D eigenvalue weighted by Crippen LogP contribution is 2.10. The van der Waals surface area contributed by atoms with Crippen LogP contribution < -0.4 is 5.32 Å². The second-order valence-electron chi connectivity index (χ2n) is 4.22. The molecule has 0 aliphatic heterocycles. The van der Waals surface area contributed by atoms with Crippen molar-refractivity contribution in [3.63, 3.8) is 0 Å². The van der Waals surface area contributed by atoms with Crippen LogP contribution in [0.3, 0.4) is 0 Å². The number of nitrogens with one attached hydrogen (secondary N) is 1. The lowest BCUT2D eigenvalue weighted by Crippen LogP contribution is -2.02. The summed E-state index contributed by atoms with van der Waals surface area (Å²) in [5.74, 6) is 0.375. The fourth-order valence-electron chi connectivity index (χ4n) is 1.69. The van der Waals surface area contributed by atoms with Gasteiger partial charge in [0.2, 0.25) is 0 Å². The Balaban J connectivity index is 2.14. The first kappa shape index (κ1) is 14.9. The summed E-state index contributed by atoms with van der Waals surface area (Å²) in [7, 11) is 0. The molecule has 4 heteroatoms. The second-order valence-corrected chi connectivity index (χ2v) is 5.20. The first-order valence-corrected chi connectivity index (χ1v) is 7.69. The quantitative estimate of drug-likeness (QED) is 0.669. The predicted octanol–water partition coefficient (Wildman–Crippen LogP) is 3.72. The molecule has 0 aliphatic carbocycles. The average molecular weight is 267 g/mol. The Hall–Kier alpha value is -1.16. The van der Waals surface area contributed by atoms with Crippen molar-refractivity contribution in [3.05, 3.63) is 29.8 Å². The topological polar surface area (TPSA) is 49.3 Å². The van der Waals surface area contributed by atoms with Crippen molar-refractivity contribution in [2.45, 2.75) is 25.7 Å². The van der Waals surface area contributed by atoms with E-state index in [0.717, 1.165) is 18.7 Å². The maximum absolute atomic E-state index is 10.7. The lowest BCUT2D eigenvalue weighted by atomic mass is 10.2. The minimum atomic E-state index is -0.879. The molecule has 0 aromatic heterocycles. The maximum atomic E-state index is 10.7. The molecule has 0 heterocycles. The van der Waals surface area contributed by atoms with E-state index in [1.54, 1.807) is 12.1 Å². The third kappa shape index (κ3) is 5.96. The highest BCUT2D eigenvalue weighted by Gasteiger charge is 2.00. The molecule has 0 atom stereocenters. The molecule has 2 N–H and O–H groups in total. The van der Waals surface area contributed by atoms with Crippen LogP contribution in [0, 0.1) is 0 Å². The van der Waals surface area contributed by atoms with Crippen LogP contribution in [0.4, 0.5) is 5.69 Å². The zero-order valence-corrected chi connectivity index (χ0v) is 11.6. The highest BCUT2D eigenvalue weighted by molar-refractivity contribution is 7.98. The van der Waals surface area contributed by atoms with Crippen LogP contribution in [0.1, 0.15) is 36.0 Å². The van der Waals surface area contributed by atoms with Crippen LogP contribution in [-0.2, 0) is 0 Å². The van der Waals surface area contributed by atoms with Gasteiger partial charge in [0.25, 0.3) is 0 Å². The summed E-state index contributed by atoms with van der Waals surface area (Å²) in [6, 6.07) is 6.89. The Morgan fingerprint density at radius 3 is 2.44 bits per heavy atom. The number of rotatable bonds is 9. The van der Waals surface area contributed by atoms with E-state index in [0.29, 0.717) is 5.56 Å². The molecule has 1 aromatic rings. The van der Waals surface area contributed by atoms with Crippen molar-refractivity contribution in [2.24, 2.45) is 0 Å².